The zero-order valence-electron chi connectivity index (χ0n) is 43.5. The van der Waals surface area contributed by atoms with Crippen molar-refractivity contribution in [2.45, 2.75) is 112 Å². The first-order valence-electron chi connectivity index (χ1n) is 24.2. The zero-order valence-corrected chi connectivity index (χ0v) is 50.0. The van der Waals surface area contributed by atoms with Crippen LogP contribution < -0.4 is 0 Å². The summed E-state index contributed by atoms with van der Waals surface area (Å²) in [4.78, 5) is -0.497. The van der Waals surface area contributed by atoms with E-state index in [0.717, 1.165) is 22.9 Å². The number of aryl methyl sites for hydroxylation is 1. The van der Waals surface area contributed by atoms with Gasteiger partial charge >= 0.3 is 0 Å². The highest BCUT2D eigenvalue weighted by atomic mass is 35.5. The fourth-order valence-corrected chi connectivity index (χ4v) is 16.9. The number of halogens is 2. The van der Waals surface area contributed by atoms with E-state index in [1.165, 1.54) is 133 Å². The number of hydrogen-bond acceptors (Lipinski definition) is 12. The molecule has 0 aromatic heterocycles. The third-order valence-corrected chi connectivity index (χ3v) is 24.7. The summed E-state index contributed by atoms with van der Waals surface area (Å²) >= 11 is 13.0. The van der Waals surface area contributed by atoms with Crippen molar-refractivity contribution in [1.29, 1.82) is 0 Å². The summed E-state index contributed by atoms with van der Waals surface area (Å²) in [5, 5.41) is 0. The Morgan fingerprint density at radius 3 is 0.975 bits per heavy atom. The number of hydrogen-bond donors (Lipinski definition) is 0. The lowest BCUT2D eigenvalue weighted by Crippen LogP contribution is -2.23. The van der Waals surface area contributed by atoms with Gasteiger partial charge in [0.15, 0.2) is 19.7 Å². The highest BCUT2D eigenvalue weighted by Crippen LogP contribution is 2.40. The van der Waals surface area contributed by atoms with Crippen LogP contribution in [0.5, 0.6) is 0 Å². The number of rotatable bonds is 18. The molecule has 8 aromatic rings. The largest absolute Gasteiger partial charge is 0.224 e. The maximum atomic E-state index is 13.9. The van der Waals surface area contributed by atoms with Crippen LogP contribution in [0.4, 0.5) is 0 Å². The first-order chi connectivity index (χ1) is 36.8. The molecule has 0 radical (unpaired) electrons. The van der Waals surface area contributed by atoms with E-state index in [4.69, 9.17) is 23.2 Å². The van der Waals surface area contributed by atoms with Gasteiger partial charge in [0.25, 0.3) is 0 Å². The smallest absolute Gasteiger partial charge is 0.206 e. The number of alkyl halides is 2. The van der Waals surface area contributed by atoms with Gasteiger partial charge in [-0.25, -0.2) is 50.5 Å². The van der Waals surface area contributed by atoms with Crippen LogP contribution in [0.15, 0.2) is 231 Å². The highest BCUT2D eigenvalue weighted by Gasteiger charge is 2.32. The molecular formula is C59H54Cl2O12S6. The van der Waals surface area contributed by atoms with E-state index < -0.39 is 75.6 Å². The normalized spacial score (nSPS) is 13.1. The molecule has 0 spiro atoms. The predicted octanol–water partition coefficient (Wildman–Crippen LogP) is 11.8. The lowest BCUT2D eigenvalue weighted by atomic mass is 9.74. The van der Waals surface area contributed by atoms with Gasteiger partial charge in [0.05, 0.1) is 54.7 Å². The molecule has 0 aliphatic carbocycles. The summed E-state index contributed by atoms with van der Waals surface area (Å²) in [6.45, 7) is 9.46. The molecule has 0 saturated heterocycles. The van der Waals surface area contributed by atoms with Crippen LogP contribution in [0.2, 0.25) is 0 Å². The molecule has 0 bridgehead atoms. The SMILES string of the molecule is Cc1ccc(S(=O)(=O)c2ccc(S(=O)(=O)c3ccc(C(C)(C)c4ccc(S(=O)(=O)Cc5ccc(S(=O)(=O)c6ccc(S(=O)(=O)c7ccc(C(C)(C)c8ccc(S(C)(=O)=O)cc8)cc7)cc6)cc5)cc4CCl)c(CCl)c3)cc2)cc1. The average Bonchev–Trinajstić information content (AvgIpc) is 3.55. The van der Waals surface area contributed by atoms with Crippen molar-refractivity contribution in [3.8, 4) is 0 Å². The zero-order chi connectivity index (χ0) is 57.7. The van der Waals surface area contributed by atoms with E-state index in [0.29, 0.717) is 27.8 Å². The molecular weight excluding hydrogens is 1160 g/mol. The van der Waals surface area contributed by atoms with Crippen LogP contribution in [0, 0.1) is 6.92 Å². The van der Waals surface area contributed by atoms with Gasteiger partial charge in [0, 0.05) is 28.8 Å². The number of sulfone groups is 6. The molecule has 0 fully saturated rings. The summed E-state index contributed by atoms with van der Waals surface area (Å²) in [6.07, 6.45) is 1.13. The molecule has 0 amide bonds. The lowest BCUT2D eigenvalue weighted by Gasteiger charge is -2.31. The van der Waals surface area contributed by atoms with Crippen LogP contribution in [0.3, 0.4) is 0 Å². The van der Waals surface area contributed by atoms with Crippen molar-refractivity contribution in [3.63, 3.8) is 0 Å². The second kappa shape index (κ2) is 21.8. The summed E-state index contributed by atoms with van der Waals surface area (Å²) in [6, 6.07) is 43.4. The van der Waals surface area contributed by atoms with Crippen molar-refractivity contribution in [1.82, 2.24) is 0 Å². The fourth-order valence-electron chi connectivity index (χ4n) is 9.35. The van der Waals surface area contributed by atoms with Crippen LogP contribution >= 0.6 is 23.2 Å². The maximum Gasteiger partial charge on any atom is 0.206 e. The van der Waals surface area contributed by atoms with Crippen LogP contribution in [-0.4, -0.2) is 56.8 Å². The summed E-state index contributed by atoms with van der Waals surface area (Å²) in [5.74, 6) is -0.651. The molecule has 0 N–H and O–H groups in total. The van der Waals surface area contributed by atoms with Crippen LogP contribution in [0.25, 0.3) is 0 Å². The molecule has 8 rings (SSSR count). The van der Waals surface area contributed by atoms with E-state index in [9.17, 15) is 50.5 Å². The van der Waals surface area contributed by atoms with Gasteiger partial charge in [-0.2, -0.15) is 0 Å². The Hall–Kier alpha value is -5.96. The Kier molecular flexibility index (Phi) is 16.4. The Morgan fingerprint density at radius 2 is 0.620 bits per heavy atom. The minimum atomic E-state index is -4.18. The molecule has 20 heteroatoms. The first-order valence-corrected chi connectivity index (χ1v) is 34.8. The van der Waals surface area contributed by atoms with Gasteiger partial charge in [-0.15, -0.1) is 23.2 Å². The average molecular weight is 1220 g/mol. The molecule has 12 nitrogen and oxygen atoms in total. The van der Waals surface area contributed by atoms with Gasteiger partial charge in [-0.3, -0.25) is 0 Å². The molecule has 0 aliphatic rings. The number of benzene rings is 8. The van der Waals surface area contributed by atoms with E-state index in [-0.39, 0.29) is 60.7 Å². The van der Waals surface area contributed by atoms with Crippen molar-refractivity contribution >= 4 is 82.2 Å². The molecule has 0 atom stereocenters. The molecule has 79 heavy (non-hydrogen) atoms. The Balaban J connectivity index is 0.950. The van der Waals surface area contributed by atoms with Crippen molar-refractivity contribution in [2.24, 2.45) is 0 Å². The molecule has 0 saturated carbocycles. The summed E-state index contributed by atoms with van der Waals surface area (Å²) in [5.41, 5.74) is 3.57. The summed E-state index contributed by atoms with van der Waals surface area (Å²) in [7, 11) is -23.7. The van der Waals surface area contributed by atoms with Gasteiger partial charge in [-0.1, -0.05) is 93.9 Å². The van der Waals surface area contributed by atoms with Crippen molar-refractivity contribution < 1.29 is 50.5 Å². The third-order valence-electron chi connectivity index (χ3n) is 14.2. The van der Waals surface area contributed by atoms with E-state index >= 15 is 0 Å². The molecule has 0 heterocycles. The Bertz CT molecular complexity index is 4340. The van der Waals surface area contributed by atoms with Gasteiger partial charge in [0.2, 0.25) is 39.3 Å². The Labute approximate surface area is 473 Å². The highest BCUT2D eigenvalue weighted by molar-refractivity contribution is 7.93. The second-order valence-electron chi connectivity index (χ2n) is 20.1. The second-order valence-corrected chi connectivity index (χ2v) is 32.5. The molecule has 412 valence electrons. The molecule has 0 aliphatic heterocycles. The van der Waals surface area contributed by atoms with Crippen LogP contribution in [-0.2, 0) is 87.4 Å². The lowest BCUT2D eigenvalue weighted by molar-refractivity contribution is 0.591. The van der Waals surface area contributed by atoms with Gasteiger partial charge in [-0.05, 0) is 167 Å². The van der Waals surface area contributed by atoms with E-state index in [1.807, 2.05) is 34.6 Å². The van der Waals surface area contributed by atoms with E-state index in [2.05, 4.69) is 0 Å². The third kappa shape index (κ3) is 11.8. The fraction of sp³-hybridized carbons (Fsp3) is 0.186. The minimum Gasteiger partial charge on any atom is -0.224 e. The van der Waals surface area contributed by atoms with Crippen molar-refractivity contribution in [3.05, 3.63) is 226 Å². The Morgan fingerprint density at radius 1 is 0.342 bits per heavy atom. The minimum absolute atomic E-state index is 0.0159. The van der Waals surface area contributed by atoms with Crippen LogP contribution in [0.1, 0.15) is 72.2 Å². The van der Waals surface area contributed by atoms with E-state index in [1.54, 1.807) is 48.5 Å². The summed E-state index contributed by atoms with van der Waals surface area (Å²) < 4.78 is 161. The van der Waals surface area contributed by atoms with Crippen molar-refractivity contribution in [2.75, 3.05) is 6.26 Å². The first kappa shape index (κ1) is 59.2. The monoisotopic (exact) mass is 1220 g/mol. The van der Waals surface area contributed by atoms with Gasteiger partial charge in [0.1, 0.15) is 0 Å². The van der Waals surface area contributed by atoms with Gasteiger partial charge < -0.3 is 0 Å². The quantitative estimate of drug-likeness (QED) is 0.0736. The topological polar surface area (TPSA) is 205 Å². The maximum absolute atomic E-state index is 13.9. The standard InChI is InChI=1S/C59H54Cl2O12S6/c1-40-7-15-47(16-8-40)76(66,67)50-27-29-53(30-28-50)79(72,73)55-32-34-57(43(36-55)38-61)59(4,5)56-33-31-54(35-42(56)37-60)75(64,65)39-41-9-17-48(18-10-41)77(68,69)51-23-25-52(26-24-51)78(70,71)49-21-13-45(14-22-49)58(2,3)44-11-19-46(20-12-44)74(6,62)63/h7-36H,37-39H2,1-6H3. The molecule has 8 aromatic carbocycles. The predicted molar refractivity (Wildman–Crippen MR) is 305 cm³/mol. The molecule has 0 unspecified atom stereocenters.